The Bertz CT molecular complexity index is 647. The predicted octanol–water partition coefficient (Wildman–Crippen LogP) is 4.05. The van der Waals surface area contributed by atoms with Gasteiger partial charge in [-0.05, 0) is 57.5 Å². The first kappa shape index (κ1) is 23.4. The van der Waals surface area contributed by atoms with E-state index in [4.69, 9.17) is 4.43 Å². The molecule has 0 aliphatic rings. The van der Waals surface area contributed by atoms with Crippen molar-refractivity contribution < 1.29 is 8.98 Å². The number of aromatic nitrogens is 1. The second-order valence-electron chi connectivity index (χ2n) is 9.24. The van der Waals surface area contributed by atoms with Gasteiger partial charge in [0.25, 0.3) is 5.56 Å². The summed E-state index contributed by atoms with van der Waals surface area (Å²) in [5.41, 5.74) is 1.31. The van der Waals surface area contributed by atoms with Gasteiger partial charge in [0, 0.05) is 22.6 Å². The van der Waals surface area contributed by atoms with Crippen LogP contribution in [-0.2, 0) is 22.2 Å². The average molecular weight is 401 g/mol. The van der Waals surface area contributed by atoms with Crippen molar-refractivity contribution in [3.8, 4) is 0 Å². The maximum Gasteiger partial charge on any atom is 0.253 e. The lowest BCUT2D eigenvalue weighted by molar-refractivity contribution is 0.255. The van der Waals surface area contributed by atoms with Crippen LogP contribution in [-0.4, -0.2) is 29.2 Å². The van der Waals surface area contributed by atoms with Gasteiger partial charge in [0.1, 0.15) is 10.8 Å². The molecule has 1 aromatic heterocycles. The van der Waals surface area contributed by atoms with Crippen LogP contribution in [0.1, 0.15) is 65.8 Å². The molecule has 26 heavy (non-hydrogen) atoms. The van der Waals surface area contributed by atoms with Crippen molar-refractivity contribution in [3.63, 3.8) is 0 Å². The Morgan fingerprint density at radius 3 is 2.23 bits per heavy atom. The molecule has 0 radical (unpaired) electrons. The number of rotatable bonds is 7. The van der Waals surface area contributed by atoms with Crippen molar-refractivity contribution >= 4 is 19.7 Å². The van der Waals surface area contributed by atoms with Crippen molar-refractivity contribution in [1.82, 2.24) is 9.71 Å². The van der Waals surface area contributed by atoms with Crippen LogP contribution >= 0.6 is 0 Å². The zero-order valence-electron chi connectivity index (χ0n) is 17.8. The molecule has 1 unspecified atom stereocenters. The summed E-state index contributed by atoms with van der Waals surface area (Å²) < 4.78 is 21.7. The highest BCUT2D eigenvalue weighted by molar-refractivity contribution is 7.90. The van der Waals surface area contributed by atoms with Crippen LogP contribution in [0, 0.1) is 0 Å². The molecule has 150 valence electrons. The summed E-state index contributed by atoms with van der Waals surface area (Å²) in [4.78, 5) is 15.5. The molecule has 1 rings (SSSR count). The summed E-state index contributed by atoms with van der Waals surface area (Å²) in [7, 11) is -1.98. The Balaban J connectivity index is 3.13. The van der Waals surface area contributed by atoms with Gasteiger partial charge in [-0.15, -0.1) is 4.72 Å². The summed E-state index contributed by atoms with van der Waals surface area (Å²) >= 11 is -1.30. The first-order valence-electron chi connectivity index (χ1n) is 9.23. The minimum Gasteiger partial charge on any atom is -0.598 e. The van der Waals surface area contributed by atoms with E-state index in [0.717, 1.165) is 12.1 Å². The van der Waals surface area contributed by atoms with E-state index in [0.29, 0.717) is 12.2 Å². The van der Waals surface area contributed by atoms with E-state index in [1.165, 1.54) is 0 Å². The molecule has 7 heteroatoms. The SMILES string of the molecule is CCc1ccc([C@@H](CO[Si](C)(C)C(C)(C)C)N[S+]([O-])C(C)(C)C)c(=O)[nH]1. The van der Waals surface area contributed by atoms with Gasteiger partial charge in [0.05, 0.1) is 6.61 Å². The number of aromatic amines is 1. The molecule has 1 heterocycles. The molecule has 0 saturated heterocycles. The first-order valence-corrected chi connectivity index (χ1v) is 13.3. The third kappa shape index (κ3) is 6.23. The van der Waals surface area contributed by atoms with E-state index in [1.807, 2.05) is 39.8 Å². The van der Waals surface area contributed by atoms with Gasteiger partial charge in [-0.25, -0.2) is 0 Å². The van der Waals surface area contributed by atoms with Crippen molar-refractivity contribution in [2.45, 2.75) is 83.8 Å². The van der Waals surface area contributed by atoms with Crippen LogP contribution in [0.25, 0.3) is 0 Å². The highest BCUT2D eigenvalue weighted by Gasteiger charge is 2.39. The number of hydrogen-bond donors (Lipinski definition) is 2. The summed E-state index contributed by atoms with van der Waals surface area (Å²) in [6.45, 7) is 18.9. The molecule has 0 amide bonds. The summed E-state index contributed by atoms with van der Waals surface area (Å²) in [5, 5.41) is 0.0687. The van der Waals surface area contributed by atoms with Gasteiger partial charge >= 0.3 is 0 Å². The van der Waals surface area contributed by atoms with Gasteiger partial charge in [0.2, 0.25) is 0 Å². The molecule has 0 bridgehead atoms. The second-order valence-corrected chi connectivity index (χ2v) is 16.1. The Labute approximate surface area is 162 Å². The Kier molecular flexibility index (Phi) is 7.76. The average Bonchev–Trinajstić information content (AvgIpc) is 2.49. The molecule has 0 aliphatic carbocycles. The number of nitrogens with one attached hydrogen (secondary N) is 2. The molecular weight excluding hydrogens is 364 g/mol. The second kappa shape index (κ2) is 8.60. The third-order valence-corrected chi connectivity index (χ3v) is 11.1. The molecule has 5 nitrogen and oxygen atoms in total. The van der Waals surface area contributed by atoms with Crippen molar-refractivity contribution in [2.24, 2.45) is 0 Å². The Morgan fingerprint density at radius 1 is 1.23 bits per heavy atom. The van der Waals surface area contributed by atoms with Crippen molar-refractivity contribution in [3.05, 3.63) is 33.7 Å². The maximum atomic E-state index is 12.6. The fourth-order valence-electron chi connectivity index (χ4n) is 2.01. The normalized spacial score (nSPS) is 15.8. The van der Waals surface area contributed by atoms with E-state index < -0.39 is 30.5 Å². The fraction of sp³-hybridized carbons (Fsp3) is 0.737. The van der Waals surface area contributed by atoms with Crippen LogP contribution in [0.5, 0.6) is 0 Å². The zero-order valence-corrected chi connectivity index (χ0v) is 19.6. The summed E-state index contributed by atoms with van der Waals surface area (Å²) in [6.07, 6.45) is 0.766. The smallest absolute Gasteiger partial charge is 0.253 e. The van der Waals surface area contributed by atoms with Crippen molar-refractivity contribution in [2.75, 3.05) is 6.61 Å². The van der Waals surface area contributed by atoms with Crippen molar-refractivity contribution in [1.29, 1.82) is 0 Å². The first-order chi connectivity index (χ1) is 11.7. The van der Waals surface area contributed by atoms with Crippen LogP contribution in [0.3, 0.4) is 0 Å². The highest BCUT2D eigenvalue weighted by atomic mass is 32.2. The van der Waals surface area contributed by atoms with Gasteiger partial charge in [-0.3, -0.25) is 4.79 Å². The van der Waals surface area contributed by atoms with Crippen LogP contribution in [0.2, 0.25) is 18.1 Å². The van der Waals surface area contributed by atoms with Gasteiger partial charge in [-0.1, -0.05) is 27.7 Å². The minimum absolute atomic E-state index is 0.0687. The lowest BCUT2D eigenvalue weighted by Gasteiger charge is -2.37. The van der Waals surface area contributed by atoms with Crippen LogP contribution in [0.4, 0.5) is 0 Å². The maximum absolute atomic E-state index is 12.6. The number of pyridine rings is 1. The van der Waals surface area contributed by atoms with Gasteiger partial charge in [0.15, 0.2) is 8.32 Å². The van der Waals surface area contributed by atoms with Crippen LogP contribution in [0.15, 0.2) is 16.9 Å². The van der Waals surface area contributed by atoms with E-state index in [2.05, 4.69) is 43.6 Å². The van der Waals surface area contributed by atoms with Crippen LogP contribution < -0.4 is 10.3 Å². The standard InChI is InChI=1S/C19H36N2O3SSi/c1-10-14-11-12-15(17(22)20-14)16(21-25(23)18(2,3)4)13-24-26(8,9)19(5,6)7/h11-12,16,21H,10,13H2,1-9H3,(H,20,22)/t16-,25?/m1/s1. The Hall–Kier alpha value is -0.603. The number of H-pyrrole nitrogens is 1. The number of aryl methyl sites for hydroxylation is 1. The topological polar surface area (TPSA) is 77.2 Å². The number of hydrogen-bond acceptors (Lipinski definition) is 4. The summed E-state index contributed by atoms with van der Waals surface area (Å²) in [6, 6.07) is 3.32. The van der Waals surface area contributed by atoms with Gasteiger partial charge in [-0.2, -0.15) is 0 Å². The van der Waals surface area contributed by atoms with E-state index >= 15 is 0 Å². The lowest BCUT2D eigenvalue weighted by Crippen LogP contribution is -2.47. The third-order valence-electron chi connectivity index (χ3n) is 4.98. The fourth-order valence-corrected chi connectivity index (χ4v) is 3.83. The molecule has 2 N–H and O–H groups in total. The molecule has 0 aromatic carbocycles. The Morgan fingerprint density at radius 2 is 1.81 bits per heavy atom. The largest absolute Gasteiger partial charge is 0.598 e. The molecular formula is C19H36N2O3SSi. The lowest BCUT2D eigenvalue weighted by atomic mass is 10.1. The molecule has 0 saturated carbocycles. The van der Waals surface area contributed by atoms with E-state index in [1.54, 1.807) is 0 Å². The predicted molar refractivity (Wildman–Crippen MR) is 113 cm³/mol. The molecule has 0 spiro atoms. The van der Waals surface area contributed by atoms with E-state index in [-0.39, 0.29) is 10.6 Å². The molecule has 0 fully saturated rings. The molecule has 0 aliphatic heterocycles. The zero-order chi connectivity index (χ0) is 20.3. The summed E-state index contributed by atoms with van der Waals surface area (Å²) in [5.74, 6) is 0. The van der Waals surface area contributed by atoms with Gasteiger partial charge < -0.3 is 14.0 Å². The minimum atomic E-state index is -1.98. The molecule has 2 atom stereocenters. The monoisotopic (exact) mass is 400 g/mol. The van der Waals surface area contributed by atoms with E-state index in [9.17, 15) is 9.35 Å². The highest BCUT2D eigenvalue weighted by Crippen LogP contribution is 2.37. The molecule has 1 aromatic rings. The quantitative estimate of drug-likeness (QED) is 0.535.